The van der Waals surface area contributed by atoms with E-state index in [1.807, 2.05) is 18.4 Å². The Kier molecular flexibility index (Phi) is 5.56. The molecule has 0 bridgehead atoms. The molecule has 1 aliphatic rings. The minimum absolute atomic E-state index is 0.194. The van der Waals surface area contributed by atoms with Crippen molar-refractivity contribution in [2.45, 2.75) is 33.2 Å². The number of aryl methyl sites for hydroxylation is 2. The van der Waals surface area contributed by atoms with Crippen LogP contribution in [0, 0.1) is 32.1 Å². The topological polar surface area (TPSA) is 71.7 Å². The van der Waals surface area contributed by atoms with Crippen molar-refractivity contribution >= 4 is 37.5 Å². The maximum absolute atomic E-state index is 12.8. The maximum atomic E-state index is 12.8. The SMILES string of the molecule is C#CCn1c(=NC(=O)C2CCCN(S(C)(=O)=O)C2)sc2cc(C)c(C)cc21. The normalized spacial score (nSPS) is 19.3. The van der Waals surface area contributed by atoms with Crippen LogP contribution in [0.1, 0.15) is 24.0 Å². The van der Waals surface area contributed by atoms with Crippen LogP contribution < -0.4 is 4.80 Å². The number of hydrogen-bond donors (Lipinski definition) is 0. The molecule has 1 aliphatic heterocycles. The van der Waals surface area contributed by atoms with E-state index in [-0.39, 0.29) is 12.5 Å². The van der Waals surface area contributed by atoms with Gasteiger partial charge in [-0.15, -0.1) is 6.42 Å². The predicted octanol–water partition coefficient (Wildman–Crippen LogP) is 2.05. The van der Waals surface area contributed by atoms with Gasteiger partial charge in [0.15, 0.2) is 4.80 Å². The summed E-state index contributed by atoms with van der Waals surface area (Å²) in [4.78, 5) is 17.7. The molecule has 1 aromatic heterocycles. The van der Waals surface area contributed by atoms with Crippen molar-refractivity contribution < 1.29 is 13.2 Å². The number of benzene rings is 1. The zero-order chi connectivity index (χ0) is 19.8. The number of aromatic nitrogens is 1. The van der Waals surface area contributed by atoms with Gasteiger partial charge in [0.2, 0.25) is 10.0 Å². The van der Waals surface area contributed by atoms with E-state index < -0.39 is 15.9 Å². The number of terminal acetylenes is 1. The lowest BCUT2D eigenvalue weighted by atomic mass is 9.99. The second-order valence-electron chi connectivity index (χ2n) is 6.99. The van der Waals surface area contributed by atoms with E-state index in [2.05, 4.69) is 23.0 Å². The number of nitrogens with zero attached hydrogens (tertiary/aromatic N) is 3. The third-order valence-corrected chi connectivity index (χ3v) is 7.27. The summed E-state index contributed by atoms with van der Waals surface area (Å²) in [6.07, 6.45) is 8.00. The Labute approximate surface area is 163 Å². The summed E-state index contributed by atoms with van der Waals surface area (Å²) in [5.74, 6) is 1.93. The van der Waals surface area contributed by atoms with E-state index in [1.165, 1.54) is 27.5 Å². The van der Waals surface area contributed by atoms with Gasteiger partial charge < -0.3 is 4.57 Å². The molecule has 6 nitrogen and oxygen atoms in total. The van der Waals surface area contributed by atoms with Crippen LogP contribution in [-0.2, 0) is 21.4 Å². The van der Waals surface area contributed by atoms with Crippen LogP contribution >= 0.6 is 11.3 Å². The molecule has 0 N–H and O–H groups in total. The van der Waals surface area contributed by atoms with Crippen molar-refractivity contribution in [2.24, 2.45) is 10.9 Å². The Morgan fingerprint density at radius 3 is 2.74 bits per heavy atom. The average molecular weight is 406 g/mol. The molecule has 2 heterocycles. The van der Waals surface area contributed by atoms with Crippen LogP contribution in [0.15, 0.2) is 17.1 Å². The lowest BCUT2D eigenvalue weighted by Gasteiger charge is -2.28. The highest BCUT2D eigenvalue weighted by atomic mass is 32.2. The van der Waals surface area contributed by atoms with E-state index in [4.69, 9.17) is 6.42 Å². The molecule has 1 aromatic carbocycles. The lowest BCUT2D eigenvalue weighted by molar-refractivity contribution is -0.122. The molecule has 8 heteroatoms. The Balaban J connectivity index is 2.01. The second kappa shape index (κ2) is 7.58. The lowest BCUT2D eigenvalue weighted by Crippen LogP contribution is -2.41. The van der Waals surface area contributed by atoms with Crippen LogP contribution in [0.5, 0.6) is 0 Å². The molecule has 0 aliphatic carbocycles. The fourth-order valence-electron chi connectivity index (χ4n) is 3.28. The average Bonchev–Trinajstić information content (AvgIpc) is 2.91. The number of thiazole rings is 1. The van der Waals surface area contributed by atoms with E-state index in [0.717, 1.165) is 15.8 Å². The number of sulfonamides is 1. The first-order valence-corrected chi connectivity index (χ1v) is 11.4. The van der Waals surface area contributed by atoms with Gasteiger partial charge in [-0.1, -0.05) is 17.3 Å². The number of carbonyl (C=O) groups is 1. The molecule has 3 rings (SSSR count). The fraction of sp³-hybridized carbons (Fsp3) is 0.474. The molecule has 1 fully saturated rings. The molecule has 27 heavy (non-hydrogen) atoms. The van der Waals surface area contributed by atoms with Gasteiger partial charge in [0, 0.05) is 13.1 Å². The smallest absolute Gasteiger partial charge is 0.252 e. The molecular weight excluding hydrogens is 382 g/mol. The third kappa shape index (κ3) is 4.15. The van der Waals surface area contributed by atoms with E-state index in [1.54, 1.807) is 0 Å². The van der Waals surface area contributed by atoms with Crippen LogP contribution in [0.4, 0.5) is 0 Å². The summed E-state index contributed by atoms with van der Waals surface area (Å²) in [6.45, 7) is 5.06. The van der Waals surface area contributed by atoms with Gasteiger partial charge >= 0.3 is 0 Å². The summed E-state index contributed by atoms with van der Waals surface area (Å²) in [5.41, 5.74) is 3.29. The van der Waals surface area contributed by atoms with Crippen molar-refractivity contribution in [3.05, 3.63) is 28.1 Å². The Morgan fingerprint density at radius 2 is 2.07 bits per heavy atom. The quantitative estimate of drug-likeness (QED) is 0.734. The molecule has 1 amide bonds. The van der Waals surface area contributed by atoms with Crippen molar-refractivity contribution in [3.8, 4) is 12.3 Å². The van der Waals surface area contributed by atoms with Crippen molar-refractivity contribution in [1.82, 2.24) is 8.87 Å². The summed E-state index contributed by atoms with van der Waals surface area (Å²) < 4.78 is 27.9. The number of fused-ring (bicyclic) bond motifs is 1. The van der Waals surface area contributed by atoms with Gasteiger partial charge in [-0.3, -0.25) is 4.79 Å². The van der Waals surface area contributed by atoms with Gasteiger partial charge in [-0.05, 0) is 49.9 Å². The highest BCUT2D eigenvalue weighted by Crippen LogP contribution is 2.23. The molecule has 2 aromatic rings. The van der Waals surface area contributed by atoms with Crippen molar-refractivity contribution in [3.63, 3.8) is 0 Å². The number of amides is 1. The summed E-state index contributed by atoms with van der Waals surface area (Å²) >= 11 is 1.43. The zero-order valence-electron chi connectivity index (χ0n) is 15.7. The monoisotopic (exact) mass is 405 g/mol. The van der Waals surface area contributed by atoms with Gasteiger partial charge in [0.25, 0.3) is 5.91 Å². The summed E-state index contributed by atoms with van der Waals surface area (Å²) in [7, 11) is -3.30. The van der Waals surface area contributed by atoms with Gasteiger partial charge in [-0.2, -0.15) is 4.99 Å². The second-order valence-corrected chi connectivity index (χ2v) is 9.98. The van der Waals surface area contributed by atoms with Crippen molar-refractivity contribution in [1.29, 1.82) is 0 Å². The van der Waals surface area contributed by atoms with Crippen LogP contribution in [0.2, 0.25) is 0 Å². The molecule has 0 spiro atoms. The van der Waals surface area contributed by atoms with Crippen molar-refractivity contribution in [2.75, 3.05) is 19.3 Å². The number of carbonyl (C=O) groups excluding carboxylic acids is 1. The van der Waals surface area contributed by atoms with E-state index >= 15 is 0 Å². The molecule has 1 saturated heterocycles. The largest absolute Gasteiger partial charge is 0.305 e. The molecule has 1 atom stereocenters. The summed E-state index contributed by atoms with van der Waals surface area (Å²) in [6, 6.07) is 4.14. The minimum Gasteiger partial charge on any atom is -0.305 e. The maximum Gasteiger partial charge on any atom is 0.252 e. The first-order chi connectivity index (χ1) is 12.7. The van der Waals surface area contributed by atoms with E-state index in [0.29, 0.717) is 30.7 Å². The van der Waals surface area contributed by atoms with Gasteiger partial charge in [-0.25, -0.2) is 12.7 Å². The van der Waals surface area contributed by atoms with Crippen LogP contribution in [-0.4, -0.2) is 42.5 Å². The van der Waals surface area contributed by atoms with E-state index in [9.17, 15) is 13.2 Å². The third-order valence-electron chi connectivity index (χ3n) is 4.96. The zero-order valence-corrected chi connectivity index (χ0v) is 17.4. The predicted molar refractivity (Wildman–Crippen MR) is 108 cm³/mol. The fourth-order valence-corrected chi connectivity index (χ4v) is 5.31. The Morgan fingerprint density at radius 1 is 1.37 bits per heavy atom. The molecule has 0 saturated carbocycles. The van der Waals surface area contributed by atoms with Crippen LogP contribution in [0.3, 0.4) is 0 Å². The number of piperidine rings is 1. The van der Waals surface area contributed by atoms with Gasteiger partial charge in [0.1, 0.15) is 0 Å². The molecule has 0 radical (unpaired) electrons. The van der Waals surface area contributed by atoms with Gasteiger partial charge in [0.05, 0.1) is 28.9 Å². The first kappa shape index (κ1) is 19.8. The first-order valence-electron chi connectivity index (χ1n) is 8.78. The van der Waals surface area contributed by atoms with Crippen LogP contribution in [0.25, 0.3) is 10.2 Å². The number of hydrogen-bond acceptors (Lipinski definition) is 4. The molecule has 144 valence electrons. The minimum atomic E-state index is -3.30. The Hall–Kier alpha value is -1.95. The highest BCUT2D eigenvalue weighted by Gasteiger charge is 2.30. The summed E-state index contributed by atoms with van der Waals surface area (Å²) in [5, 5.41) is 0. The molecular formula is C19H23N3O3S2. The highest BCUT2D eigenvalue weighted by molar-refractivity contribution is 7.88. The molecule has 1 unspecified atom stereocenters. The standard InChI is InChI=1S/C19H23N3O3S2/c1-5-8-22-16-10-13(2)14(3)11-17(16)26-19(22)20-18(23)15-7-6-9-21(12-15)27(4,24)25/h1,10-11,15H,6-9,12H2,2-4H3. The number of rotatable bonds is 3. The Bertz CT molecular complexity index is 1100.